The van der Waals surface area contributed by atoms with Crippen LogP contribution in [0.3, 0.4) is 0 Å². The summed E-state index contributed by atoms with van der Waals surface area (Å²) in [5.41, 5.74) is 1.39. The third kappa shape index (κ3) is 4.79. The number of hydrogen-bond acceptors (Lipinski definition) is 2. The first-order chi connectivity index (χ1) is 8.54. The molecule has 0 aliphatic heterocycles. The lowest BCUT2D eigenvalue weighted by atomic mass is 9.98. The zero-order chi connectivity index (χ0) is 13.5. The van der Waals surface area contributed by atoms with Crippen LogP contribution < -0.4 is 5.32 Å². The lowest BCUT2D eigenvalue weighted by Gasteiger charge is -2.30. The Morgan fingerprint density at radius 1 is 1.11 bits per heavy atom. The van der Waals surface area contributed by atoms with Crippen molar-refractivity contribution in [3.05, 3.63) is 35.9 Å². The van der Waals surface area contributed by atoms with E-state index in [2.05, 4.69) is 75.4 Å². The van der Waals surface area contributed by atoms with E-state index >= 15 is 0 Å². The molecule has 2 atom stereocenters. The van der Waals surface area contributed by atoms with Gasteiger partial charge in [0.1, 0.15) is 0 Å². The fourth-order valence-electron chi connectivity index (χ4n) is 2.24. The van der Waals surface area contributed by atoms with Crippen molar-refractivity contribution >= 4 is 0 Å². The third-order valence-electron chi connectivity index (χ3n) is 3.39. The second kappa shape index (κ2) is 7.55. The molecule has 0 radical (unpaired) electrons. The largest absolute Gasteiger partial charge is 0.308 e. The lowest BCUT2D eigenvalue weighted by molar-refractivity contribution is 0.267. The predicted molar refractivity (Wildman–Crippen MR) is 79.8 cm³/mol. The second-order valence-electron chi connectivity index (χ2n) is 5.65. The molecule has 102 valence electrons. The summed E-state index contributed by atoms with van der Waals surface area (Å²) in [6.07, 6.45) is 1.13. The molecule has 0 aliphatic carbocycles. The SMILES string of the molecule is CCC(NC(CN(C)C)C(C)C)c1ccccc1. The number of likely N-dealkylation sites (N-methyl/N-ethyl adjacent to an activating group) is 1. The van der Waals surface area contributed by atoms with Crippen molar-refractivity contribution in [3.8, 4) is 0 Å². The van der Waals surface area contributed by atoms with Crippen LogP contribution >= 0.6 is 0 Å². The number of rotatable bonds is 7. The van der Waals surface area contributed by atoms with Crippen molar-refractivity contribution in [1.82, 2.24) is 10.2 Å². The van der Waals surface area contributed by atoms with Gasteiger partial charge in [0.05, 0.1) is 0 Å². The van der Waals surface area contributed by atoms with Crippen molar-refractivity contribution in [1.29, 1.82) is 0 Å². The molecule has 18 heavy (non-hydrogen) atoms. The molecule has 2 heteroatoms. The highest BCUT2D eigenvalue weighted by Gasteiger charge is 2.18. The highest BCUT2D eigenvalue weighted by molar-refractivity contribution is 5.18. The van der Waals surface area contributed by atoms with Gasteiger partial charge in [-0.15, -0.1) is 0 Å². The minimum absolute atomic E-state index is 0.457. The summed E-state index contributed by atoms with van der Waals surface area (Å²) < 4.78 is 0. The molecule has 0 bridgehead atoms. The van der Waals surface area contributed by atoms with Gasteiger partial charge in [-0.1, -0.05) is 51.1 Å². The average molecular weight is 248 g/mol. The summed E-state index contributed by atoms with van der Waals surface area (Å²) in [5, 5.41) is 3.81. The summed E-state index contributed by atoms with van der Waals surface area (Å²) in [5.74, 6) is 0.644. The average Bonchev–Trinajstić information content (AvgIpc) is 2.34. The van der Waals surface area contributed by atoms with Gasteiger partial charge in [0.15, 0.2) is 0 Å². The van der Waals surface area contributed by atoms with Crippen LogP contribution in [0.15, 0.2) is 30.3 Å². The van der Waals surface area contributed by atoms with E-state index in [1.807, 2.05) is 0 Å². The molecule has 2 nitrogen and oxygen atoms in total. The van der Waals surface area contributed by atoms with Crippen LogP contribution in [-0.2, 0) is 0 Å². The molecular weight excluding hydrogens is 220 g/mol. The number of hydrogen-bond donors (Lipinski definition) is 1. The fraction of sp³-hybridized carbons (Fsp3) is 0.625. The minimum Gasteiger partial charge on any atom is -0.308 e. The summed E-state index contributed by atoms with van der Waals surface area (Å²) >= 11 is 0. The van der Waals surface area contributed by atoms with Crippen molar-refractivity contribution in [2.24, 2.45) is 5.92 Å². The minimum atomic E-state index is 0.457. The maximum atomic E-state index is 3.81. The molecule has 0 amide bonds. The predicted octanol–water partition coefficient (Wildman–Crippen LogP) is 3.31. The molecule has 2 unspecified atom stereocenters. The highest BCUT2D eigenvalue weighted by atomic mass is 15.1. The van der Waals surface area contributed by atoms with Gasteiger partial charge in [-0.2, -0.15) is 0 Å². The Balaban J connectivity index is 2.71. The van der Waals surface area contributed by atoms with Gasteiger partial charge in [-0.25, -0.2) is 0 Å². The summed E-state index contributed by atoms with van der Waals surface area (Å²) in [4.78, 5) is 2.26. The molecule has 1 N–H and O–H groups in total. The molecule has 0 heterocycles. The zero-order valence-corrected chi connectivity index (χ0v) is 12.5. The number of nitrogens with one attached hydrogen (secondary N) is 1. The zero-order valence-electron chi connectivity index (χ0n) is 12.5. The van der Waals surface area contributed by atoms with E-state index < -0.39 is 0 Å². The van der Waals surface area contributed by atoms with Gasteiger partial charge in [0.2, 0.25) is 0 Å². The molecule has 1 aromatic rings. The first kappa shape index (κ1) is 15.2. The Bertz CT molecular complexity index is 319. The molecule has 0 saturated heterocycles. The summed E-state index contributed by atoms with van der Waals surface area (Å²) in [6, 6.07) is 11.7. The quantitative estimate of drug-likeness (QED) is 0.796. The van der Waals surface area contributed by atoms with Gasteiger partial charge < -0.3 is 10.2 Å². The van der Waals surface area contributed by atoms with Crippen molar-refractivity contribution in [2.75, 3.05) is 20.6 Å². The van der Waals surface area contributed by atoms with Crippen LogP contribution in [0.25, 0.3) is 0 Å². The molecule has 1 rings (SSSR count). The fourth-order valence-corrected chi connectivity index (χ4v) is 2.24. The molecule has 0 fully saturated rings. The first-order valence-corrected chi connectivity index (χ1v) is 7.00. The number of benzene rings is 1. The Morgan fingerprint density at radius 2 is 1.72 bits per heavy atom. The van der Waals surface area contributed by atoms with E-state index in [0.717, 1.165) is 13.0 Å². The van der Waals surface area contributed by atoms with Crippen LogP contribution in [0.4, 0.5) is 0 Å². The summed E-state index contributed by atoms with van der Waals surface area (Å²) in [7, 11) is 4.28. The van der Waals surface area contributed by atoms with E-state index in [1.54, 1.807) is 0 Å². The lowest BCUT2D eigenvalue weighted by Crippen LogP contribution is -2.43. The first-order valence-electron chi connectivity index (χ1n) is 7.00. The van der Waals surface area contributed by atoms with Gasteiger partial charge >= 0.3 is 0 Å². The molecule has 0 aromatic heterocycles. The van der Waals surface area contributed by atoms with Crippen LogP contribution in [0, 0.1) is 5.92 Å². The summed E-state index contributed by atoms with van der Waals surface area (Å²) in [6.45, 7) is 7.91. The maximum Gasteiger partial charge on any atom is 0.0320 e. The van der Waals surface area contributed by atoms with Gasteiger partial charge in [-0.3, -0.25) is 0 Å². The monoisotopic (exact) mass is 248 g/mol. The van der Waals surface area contributed by atoms with E-state index in [1.165, 1.54) is 5.56 Å². The Labute approximate surface area is 112 Å². The molecule has 1 aromatic carbocycles. The van der Waals surface area contributed by atoms with Crippen molar-refractivity contribution in [2.45, 2.75) is 39.3 Å². The van der Waals surface area contributed by atoms with E-state index in [-0.39, 0.29) is 0 Å². The highest BCUT2D eigenvalue weighted by Crippen LogP contribution is 2.18. The Morgan fingerprint density at radius 3 is 2.17 bits per heavy atom. The normalized spacial score (nSPS) is 15.1. The van der Waals surface area contributed by atoms with Crippen LogP contribution in [-0.4, -0.2) is 31.6 Å². The van der Waals surface area contributed by atoms with Gasteiger partial charge in [0.25, 0.3) is 0 Å². The second-order valence-corrected chi connectivity index (χ2v) is 5.65. The standard InChI is InChI=1S/C16H28N2/c1-6-15(14-10-8-7-9-11-14)17-16(13(2)3)12-18(4)5/h7-11,13,15-17H,6,12H2,1-5H3. The molecule has 0 spiro atoms. The smallest absolute Gasteiger partial charge is 0.0320 e. The van der Waals surface area contributed by atoms with Crippen LogP contribution in [0.1, 0.15) is 38.8 Å². The van der Waals surface area contributed by atoms with E-state index in [0.29, 0.717) is 18.0 Å². The van der Waals surface area contributed by atoms with Crippen LogP contribution in [0.5, 0.6) is 0 Å². The Kier molecular flexibility index (Phi) is 6.37. The third-order valence-corrected chi connectivity index (χ3v) is 3.39. The topological polar surface area (TPSA) is 15.3 Å². The number of nitrogens with zero attached hydrogens (tertiary/aromatic N) is 1. The van der Waals surface area contributed by atoms with E-state index in [4.69, 9.17) is 0 Å². The molecule has 0 aliphatic rings. The van der Waals surface area contributed by atoms with Crippen molar-refractivity contribution < 1.29 is 0 Å². The van der Waals surface area contributed by atoms with Gasteiger partial charge in [0, 0.05) is 18.6 Å². The molecule has 0 saturated carbocycles. The van der Waals surface area contributed by atoms with Crippen molar-refractivity contribution in [3.63, 3.8) is 0 Å². The van der Waals surface area contributed by atoms with Gasteiger partial charge in [-0.05, 0) is 32.0 Å². The molecular formula is C16H28N2. The van der Waals surface area contributed by atoms with E-state index in [9.17, 15) is 0 Å². The van der Waals surface area contributed by atoms with Crippen LogP contribution in [0.2, 0.25) is 0 Å². The maximum absolute atomic E-state index is 3.81. The Hall–Kier alpha value is -0.860.